The van der Waals surface area contributed by atoms with Crippen molar-refractivity contribution in [1.82, 2.24) is 10.3 Å². The summed E-state index contributed by atoms with van der Waals surface area (Å²) in [7, 11) is 2.10. The predicted octanol–water partition coefficient (Wildman–Crippen LogP) is 3.25. The molecule has 2 N–H and O–H groups in total. The number of hydrogen-bond donors (Lipinski definition) is 2. The Kier molecular flexibility index (Phi) is 3.79. The molecule has 2 aliphatic heterocycles. The first-order valence-electron chi connectivity index (χ1n) is 8.07. The number of halogens is 1. The molecule has 6 heteroatoms. The highest BCUT2D eigenvalue weighted by atomic mass is 35.5. The van der Waals surface area contributed by atoms with Gasteiger partial charge in [0.25, 0.3) is 0 Å². The molecule has 0 spiro atoms. The number of pyridine rings is 1. The van der Waals surface area contributed by atoms with Crippen molar-refractivity contribution in [2.45, 2.75) is 18.4 Å². The molecular formula is C18H18ClN5. The van der Waals surface area contributed by atoms with Crippen LogP contribution in [0.4, 0.5) is 17.1 Å². The van der Waals surface area contributed by atoms with Gasteiger partial charge in [-0.15, -0.1) is 0 Å². The minimum Gasteiger partial charge on any atom is -0.370 e. The largest absolute Gasteiger partial charge is 0.370 e. The molecule has 1 fully saturated rings. The van der Waals surface area contributed by atoms with Crippen LogP contribution in [-0.4, -0.2) is 31.2 Å². The molecule has 2 aromatic rings. The number of benzene rings is 1. The summed E-state index contributed by atoms with van der Waals surface area (Å²) in [5.41, 5.74) is 4.81. The Morgan fingerprint density at radius 3 is 3.00 bits per heavy atom. The van der Waals surface area contributed by atoms with Crippen LogP contribution in [0.2, 0.25) is 5.15 Å². The van der Waals surface area contributed by atoms with Gasteiger partial charge in [0.05, 0.1) is 23.1 Å². The molecule has 0 saturated carbocycles. The number of aromatic nitrogens is 1. The molecule has 1 aromatic carbocycles. The van der Waals surface area contributed by atoms with E-state index in [0.717, 1.165) is 36.6 Å². The van der Waals surface area contributed by atoms with E-state index in [0.29, 0.717) is 22.7 Å². The van der Waals surface area contributed by atoms with E-state index in [1.807, 2.05) is 12.1 Å². The number of nitrogens with one attached hydrogen (secondary N) is 2. The second-order valence-electron chi connectivity index (χ2n) is 6.35. The van der Waals surface area contributed by atoms with Crippen LogP contribution in [0.5, 0.6) is 0 Å². The lowest BCUT2D eigenvalue weighted by Crippen LogP contribution is -2.42. The molecule has 0 amide bonds. The fraction of sp³-hybridized carbons (Fsp3) is 0.333. The van der Waals surface area contributed by atoms with Crippen LogP contribution in [0.15, 0.2) is 30.5 Å². The number of nitriles is 1. The molecular weight excluding hydrogens is 322 g/mol. The second kappa shape index (κ2) is 5.97. The summed E-state index contributed by atoms with van der Waals surface area (Å²) in [4.78, 5) is 6.37. The van der Waals surface area contributed by atoms with Crippen molar-refractivity contribution < 1.29 is 0 Å². The summed E-state index contributed by atoms with van der Waals surface area (Å²) in [6, 6.07) is 10.5. The summed E-state index contributed by atoms with van der Waals surface area (Å²) in [6.07, 6.45) is 2.79. The summed E-state index contributed by atoms with van der Waals surface area (Å²) in [5.74, 6) is 0.427. The van der Waals surface area contributed by atoms with Crippen LogP contribution < -0.4 is 15.5 Å². The fourth-order valence-corrected chi connectivity index (χ4v) is 4.01. The molecule has 1 aromatic heterocycles. The van der Waals surface area contributed by atoms with Gasteiger partial charge in [-0.3, -0.25) is 0 Å². The highest BCUT2D eigenvalue weighted by Gasteiger charge is 2.39. The van der Waals surface area contributed by atoms with E-state index in [1.54, 1.807) is 12.3 Å². The molecule has 0 unspecified atom stereocenters. The van der Waals surface area contributed by atoms with Crippen molar-refractivity contribution in [3.05, 3.63) is 46.7 Å². The van der Waals surface area contributed by atoms with Gasteiger partial charge in [0.1, 0.15) is 11.2 Å². The third-order valence-electron chi connectivity index (χ3n) is 4.97. The summed E-state index contributed by atoms with van der Waals surface area (Å²) in [5, 5.41) is 16.9. The molecule has 2 atom stereocenters. The van der Waals surface area contributed by atoms with Gasteiger partial charge < -0.3 is 15.5 Å². The third-order valence-corrected chi connectivity index (χ3v) is 5.19. The molecule has 0 radical (unpaired) electrons. The van der Waals surface area contributed by atoms with Gasteiger partial charge in [0.15, 0.2) is 0 Å². The average molecular weight is 340 g/mol. The van der Waals surface area contributed by atoms with Gasteiger partial charge in [-0.05, 0) is 42.8 Å². The number of rotatable bonds is 2. The first-order valence-corrected chi connectivity index (χ1v) is 8.45. The molecule has 4 rings (SSSR count). The molecule has 5 nitrogen and oxygen atoms in total. The topological polar surface area (TPSA) is 64.0 Å². The predicted molar refractivity (Wildman–Crippen MR) is 96.1 cm³/mol. The van der Waals surface area contributed by atoms with Gasteiger partial charge in [0.2, 0.25) is 0 Å². The summed E-state index contributed by atoms with van der Waals surface area (Å²) < 4.78 is 0. The van der Waals surface area contributed by atoms with E-state index in [4.69, 9.17) is 11.6 Å². The van der Waals surface area contributed by atoms with Crippen molar-refractivity contribution in [3.63, 3.8) is 0 Å². The Bertz CT molecular complexity index is 811. The maximum atomic E-state index is 9.63. The van der Waals surface area contributed by atoms with Gasteiger partial charge >= 0.3 is 0 Å². The summed E-state index contributed by atoms with van der Waals surface area (Å²) >= 11 is 5.84. The van der Waals surface area contributed by atoms with Crippen LogP contribution in [0.25, 0.3) is 0 Å². The highest BCUT2D eigenvalue weighted by Crippen LogP contribution is 2.45. The first kappa shape index (κ1) is 15.3. The van der Waals surface area contributed by atoms with Crippen molar-refractivity contribution >= 4 is 28.7 Å². The SMILES string of the molecule is CN1c2c(C#N)cc(Nc3ccc(Cl)nc3)cc2[C@@H]2CNCC[C@@H]21. The van der Waals surface area contributed by atoms with E-state index in [2.05, 4.69) is 39.7 Å². The first-order chi connectivity index (χ1) is 11.7. The minimum atomic E-state index is 0.427. The Balaban J connectivity index is 1.74. The quantitative estimate of drug-likeness (QED) is 0.822. The number of hydrogen-bond acceptors (Lipinski definition) is 5. The van der Waals surface area contributed by atoms with Crippen molar-refractivity contribution in [2.24, 2.45) is 0 Å². The molecule has 24 heavy (non-hydrogen) atoms. The fourth-order valence-electron chi connectivity index (χ4n) is 3.90. The zero-order chi connectivity index (χ0) is 16.7. The lowest BCUT2D eigenvalue weighted by atomic mass is 9.89. The third kappa shape index (κ3) is 2.48. The van der Waals surface area contributed by atoms with Crippen molar-refractivity contribution in [1.29, 1.82) is 5.26 Å². The van der Waals surface area contributed by atoms with Crippen molar-refractivity contribution in [2.75, 3.05) is 30.4 Å². The lowest BCUT2D eigenvalue weighted by molar-refractivity contribution is 0.413. The van der Waals surface area contributed by atoms with Crippen LogP contribution in [0.1, 0.15) is 23.5 Å². The van der Waals surface area contributed by atoms with E-state index in [1.165, 1.54) is 5.56 Å². The maximum Gasteiger partial charge on any atom is 0.129 e. The second-order valence-corrected chi connectivity index (χ2v) is 6.73. The number of likely N-dealkylation sites (N-methyl/N-ethyl adjacent to an activating group) is 1. The zero-order valence-corrected chi connectivity index (χ0v) is 14.1. The van der Waals surface area contributed by atoms with Crippen LogP contribution in [-0.2, 0) is 0 Å². The normalized spacial score (nSPS) is 21.8. The van der Waals surface area contributed by atoms with Crippen LogP contribution in [0.3, 0.4) is 0 Å². The standard InChI is InChI=1S/C18H18ClN5/c1-24-16-4-5-21-10-15(16)14-7-13(6-11(8-20)18(14)24)23-12-2-3-17(19)22-9-12/h2-3,6-7,9,15-16,21,23H,4-5,10H2,1H3/t15-,16-/m0/s1. The van der Waals surface area contributed by atoms with Gasteiger partial charge in [0, 0.05) is 31.2 Å². The number of nitrogens with zero attached hydrogens (tertiary/aromatic N) is 3. The average Bonchev–Trinajstić information content (AvgIpc) is 2.90. The summed E-state index contributed by atoms with van der Waals surface area (Å²) in [6.45, 7) is 1.99. The van der Waals surface area contributed by atoms with Crippen LogP contribution >= 0.6 is 11.6 Å². The Hall–Kier alpha value is -2.29. The molecule has 0 bridgehead atoms. The Morgan fingerprint density at radius 2 is 2.25 bits per heavy atom. The smallest absolute Gasteiger partial charge is 0.129 e. The van der Waals surface area contributed by atoms with Gasteiger partial charge in [-0.2, -0.15) is 5.26 Å². The molecule has 3 heterocycles. The number of piperidine rings is 1. The van der Waals surface area contributed by atoms with E-state index >= 15 is 0 Å². The minimum absolute atomic E-state index is 0.427. The number of fused-ring (bicyclic) bond motifs is 3. The van der Waals surface area contributed by atoms with E-state index in [9.17, 15) is 5.26 Å². The molecule has 0 aliphatic carbocycles. The molecule has 2 aliphatic rings. The number of anilines is 3. The zero-order valence-electron chi connectivity index (χ0n) is 13.4. The Labute approximate surface area is 146 Å². The maximum absolute atomic E-state index is 9.63. The van der Waals surface area contributed by atoms with Gasteiger partial charge in [-0.1, -0.05) is 11.6 Å². The monoisotopic (exact) mass is 339 g/mol. The molecule has 1 saturated heterocycles. The van der Waals surface area contributed by atoms with Crippen molar-refractivity contribution in [3.8, 4) is 6.07 Å². The Morgan fingerprint density at radius 1 is 1.38 bits per heavy atom. The van der Waals surface area contributed by atoms with Gasteiger partial charge in [-0.25, -0.2) is 4.98 Å². The van der Waals surface area contributed by atoms with Crippen LogP contribution in [0, 0.1) is 11.3 Å². The van der Waals surface area contributed by atoms with E-state index in [-0.39, 0.29) is 0 Å². The van der Waals surface area contributed by atoms with E-state index < -0.39 is 0 Å². The molecule has 122 valence electrons. The lowest BCUT2D eigenvalue weighted by Gasteiger charge is -2.31. The highest BCUT2D eigenvalue weighted by molar-refractivity contribution is 6.29.